The van der Waals surface area contributed by atoms with Crippen LogP contribution in [0, 0.1) is 0 Å². The molecule has 0 amide bonds. The molecular formula is C33H24N2O4S2. The molecule has 6 rings (SSSR count). The van der Waals surface area contributed by atoms with E-state index >= 15 is 0 Å². The number of nitrogens with one attached hydrogen (secondary N) is 1. The third-order valence-corrected chi connectivity index (χ3v) is 8.55. The molecular weight excluding hydrogens is 553 g/mol. The molecule has 8 heteroatoms. The molecule has 3 heterocycles. The van der Waals surface area contributed by atoms with E-state index in [4.69, 9.17) is 4.84 Å². The summed E-state index contributed by atoms with van der Waals surface area (Å²) in [6, 6.07) is 26.8. The molecule has 0 saturated carbocycles. The van der Waals surface area contributed by atoms with E-state index < -0.39 is 5.97 Å². The SMILES string of the molecule is C=C(NOC(C)=O)c1ccc(-n2c3ccc(C(=O)Cc4cccs4)cc3c3cc(C(=O)c4cccs4)ccc32)cc1. The van der Waals surface area contributed by atoms with Gasteiger partial charge in [0.25, 0.3) is 0 Å². The molecule has 0 fully saturated rings. The highest BCUT2D eigenvalue weighted by Gasteiger charge is 2.18. The number of carbonyl (C=O) groups excluding carboxylic acids is 3. The normalized spacial score (nSPS) is 11.0. The van der Waals surface area contributed by atoms with E-state index in [1.54, 1.807) is 11.3 Å². The van der Waals surface area contributed by atoms with Crippen LogP contribution >= 0.6 is 22.7 Å². The zero-order valence-corrected chi connectivity index (χ0v) is 23.7. The van der Waals surface area contributed by atoms with Crippen molar-refractivity contribution in [2.45, 2.75) is 13.3 Å². The summed E-state index contributed by atoms with van der Waals surface area (Å²) in [5.74, 6) is -0.446. The number of rotatable bonds is 9. The maximum absolute atomic E-state index is 13.2. The number of hydroxylamine groups is 1. The summed E-state index contributed by atoms with van der Waals surface area (Å²) in [5, 5.41) is 5.64. The molecule has 0 spiro atoms. The number of Topliss-reactive ketones (excluding diaryl/α,β-unsaturated/α-hetero) is 1. The van der Waals surface area contributed by atoms with Crippen molar-refractivity contribution in [1.29, 1.82) is 0 Å². The molecule has 0 atom stereocenters. The average Bonchev–Trinajstić information content (AvgIpc) is 3.76. The van der Waals surface area contributed by atoms with Gasteiger partial charge in [0.15, 0.2) is 5.78 Å². The lowest BCUT2D eigenvalue weighted by molar-refractivity contribution is -0.145. The minimum Gasteiger partial charge on any atom is -0.344 e. The second kappa shape index (κ2) is 11.0. The fourth-order valence-corrected chi connectivity index (χ4v) is 6.23. The first kappa shape index (κ1) is 26.4. The van der Waals surface area contributed by atoms with Crippen LogP contribution in [0.3, 0.4) is 0 Å². The number of thiophene rings is 2. The molecule has 0 aliphatic carbocycles. The van der Waals surface area contributed by atoms with Gasteiger partial charge in [0.1, 0.15) is 0 Å². The van der Waals surface area contributed by atoms with Crippen LogP contribution < -0.4 is 5.48 Å². The monoisotopic (exact) mass is 576 g/mol. The van der Waals surface area contributed by atoms with Gasteiger partial charge in [-0.25, -0.2) is 5.48 Å². The van der Waals surface area contributed by atoms with Crippen LogP contribution in [0.5, 0.6) is 0 Å². The zero-order chi connectivity index (χ0) is 28.5. The average molecular weight is 577 g/mol. The topological polar surface area (TPSA) is 77.4 Å². The summed E-state index contributed by atoms with van der Waals surface area (Å²) in [4.78, 5) is 44.1. The first-order valence-electron chi connectivity index (χ1n) is 12.8. The molecule has 6 nitrogen and oxygen atoms in total. The van der Waals surface area contributed by atoms with Crippen LogP contribution in [-0.2, 0) is 16.1 Å². The van der Waals surface area contributed by atoms with E-state index in [1.807, 2.05) is 95.7 Å². The van der Waals surface area contributed by atoms with Gasteiger partial charge in [-0.15, -0.1) is 22.7 Å². The second-order valence-electron chi connectivity index (χ2n) is 9.51. The molecule has 0 bridgehead atoms. The Morgan fingerprint density at radius 1 is 0.805 bits per heavy atom. The number of hydrogen-bond acceptors (Lipinski definition) is 7. The molecule has 0 radical (unpaired) electrons. The summed E-state index contributed by atoms with van der Waals surface area (Å²) in [5.41, 5.74) is 7.72. The van der Waals surface area contributed by atoms with Crippen molar-refractivity contribution in [1.82, 2.24) is 10.0 Å². The lowest BCUT2D eigenvalue weighted by Gasteiger charge is -2.11. The van der Waals surface area contributed by atoms with E-state index in [9.17, 15) is 14.4 Å². The van der Waals surface area contributed by atoms with Gasteiger partial charge in [0.2, 0.25) is 5.78 Å². The smallest absolute Gasteiger partial charge is 0.329 e. The van der Waals surface area contributed by atoms with Crippen LogP contribution in [0.25, 0.3) is 33.2 Å². The van der Waals surface area contributed by atoms with Crippen molar-refractivity contribution in [2.24, 2.45) is 0 Å². The Bertz CT molecular complexity index is 1930. The Hall–Kier alpha value is -4.79. The van der Waals surface area contributed by atoms with Crippen molar-refractivity contribution < 1.29 is 19.2 Å². The Morgan fingerprint density at radius 2 is 1.44 bits per heavy atom. The van der Waals surface area contributed by atoms with Crippen molar-refractivity contribution in [2.75, 3.05) is 0 Å². The third-order valence-electron chi connectivity index (χ3n) is 6.80. The van der Waals surface area contributed by atoms with Crippen molar-refractivity contribution in [3.05, 3.63) is 129 Å². The van der Waals surface area contributed by atoms with Crippen LogP contribution in [0.4, 0.5) is 0 Å². The van der Waals surface area contributed by atoms with E-state index in [0.717, 1.165) is 37.9 Å². The maximum atomic E-state index is 13.2. The molecule has 3 aromatic carbocycles. The second-order valence-corrected chi connectivity index (χ2v) is 11.5. The van der Waals surface area contributed by atoms with E-state index in [1.165, 1.54) is 18.3 Å². The van der Waals surface area contributed by atoms with Gasteiger partial charge in [0, 0.05) is 51.4 Å². The number of aromatic nitrogens is 1. The Labute approximate surface area is 244 Å². The van der Waals surface area contributed by atoms with E-state index in [-0.39, 0.29) is 11.6 Å². The highest BCUT2D eigenvalue weighted by atomic mass is 32.1. The highest BCUT2D eigenvalue weighted by molar-refractivity contribution is 7.12. The Kier molecular flexibility index (Phi) is 7.09. The lowest BCUT2D eigenvalue weighted by Crippen LogP contribution is -2.15. The fourth-order valence-electron chi connectivity index (χ4n) is 4.84. The molecule has 6 aromatic rings. The quantitative estimate of drug-likeness (QED) is 0.142. The van der Waals surface area contributed by atoms with Crippen molar-refractivity contribution in [3.63, 3.8) is 0 Å². The van der Waals surface area contributed by atoms with Gasteiger partial charge >= 0.3 is 5.97 Å². The zero-order valence-electron chi connectivity index (χ0n) is 22.0. The van der Waals surface area contributed by atoms with E-state index in [0.29, 0.717) is 28.1 Å². The maximum Gasteiger partial charge on any atom is 0.329 e. The number of nitrogens with zero attached hydrogens (tertiary/aromatic N) is 1. The summed E-state index contributed by atoms with van der Waals surface area (Å²) < 4.78 is 2.11. The van der Waals surface area contributed by atoms with Crippen LogP contribution in [0.15, 0.2) is 102 Å². The molecule has 1 N–H and O–H groups in total. The highest BCUT2D eigenvalue weighted by Crippen LogP contribution is 2.34. The molecule has 202 valence electrons. The lowest BCUT2D eigenvalue weighted by atomic mass is 10.0. The minimum absolute atomic E-state index is 0.0316. The minimum atomic E-state index is -0.460. The number of benzene rings is 3. The summed E-state index contributed by atoms with van der Waals surface area (Å²) in [6.07, 6.45) is 0.344. The van der Waals surface area contributed by atoms with Gasteiger partial charge < -0.3 is 9.40 Å². The predicted molar refractivity (Wildman–Crippen MR) is 165 cm³/mol. The summed E-state index contributed by atoms with van der Waals surface area (Å²) >= 11 is 2.98. The fraction of sp³-hybridized carbons (Fsp3) is 0.0606. The van der Waals surface area contributed by atoms with E-state index in [2.05, 4.69) is 16.6 Å². The largest absolute Gasteiger partial charge is 0.344 e. The summed E-state index contributed by atoms with van der Waals surface area (Å²) in [7, 11) is 0. The van der Waals surface area contributed by atoms with Crippen LogP contribution in [0.2, 0.25) is 0 Å². The standard InChI is InChI=1S/C33H24N2O4S2/c1-20(34-39-21(2)36)22-7-11-25(12-8-22)35-29-13-9-23(31(37)19-26-5-3-15-40-26)17-27(29)28-18-24(10-14-30(28)35)33(38)32-6-4-16-41-32/h3-18,34H,1,19H2,2H3. The molecule has 0 aliphatic rings. The van der Waals surface area contributed by atoms with Gasteiger partial charge in [-0.1, -0.05) is 30.8 Å². The Balaban J connectivity index is 1.46. The number of fused-ring (bicyclic) bond motifs is 3. The number of ketones is 2. The summed E-state index contributed by atoms with van der Waals surface area (Å²) in [6.45, 7) is 5.24. The molecule has 0 saturated heterocycles. The number of carbonyl (C=O) groups is 3. The van der Waals surface area contributed by atoms with Crippen LogP contribution in [0.1, 0.15) is 43.0 Å². The van der Waals surface area contributed by atoms with Gasteiger partial charge in [0.05, 0.1) is 21.6 Å². The number of hydrogen-bond donors (Lipinski definition) is 1. The van der Waals surface area contributed by atoms with Crippen molar-refractivity contribution >= 4 is 67.7 Å². The predicted octanol–water partition coefficient (Wildman–Crippen LogP) is 7.60. The van der Waals surface area contributed by atoms with Gasteiger partial charge in [-0.2, -0.15) is 0 Å². The molecule has 0 unspecified atom stereocenters. The van der Waals surface area contributed by atoms with Crippen molar-refractivity contribution in [3.8, 4) is 5.69 Å². The van der Waals surface area contributed by atoms with Gasteiger partial charge in [-0.05, 0) is 71.4 Å². The Morgan fingerprint density at radius 3 is 2.07 bits per heavy atom. The van der Waals surface area contributed by atoms with Gasteiger partial charge in [-0.3, -0.25) is 14.4 Å². The first-order valence-corrected chi connectivity index (χ1v) is 14.6. The molecule has 41 heavy (non-hydrogen) atoms. The first-order chi connectivity index (χ1) is 19.9. The third kappa shape index (κ3) is 5.23. The molecule has 0 aliphatic heterocycles. The van der Waals surface area contributed by atoms with Crippen LogP contribution in [-0.4, -0.2) is 22.1 Å². The molecule has 3 aromatic heterocycles.